The van der Waals surface area contributed by atoms with Gasteiger partial charge in [-0.25, -0.2) is 0 Å². The van der Waals surface area contributed by atoms with E-state index < -0.39 is 0 Å². The molecule has 0 heterocycles. The Bertz CT molecular complexity index is 1200. The lowest BCUT2D eigenvalue weighted by molar-refractivity contribution is -0.165. The van der Waals surface area contributed by atoms with E-state index in [1.54, 1.807) is 0 Å². The van der Waals surface area contributed by atoms with Crippen LogP contribution in [0.25, 0.3) is 0 Å². The monoisotopic (exact) mass is 669 g/mol. The van der Waals surface area contributed by atoms with Gasteiger partial charge < -0.3 is 19.1 Å². The van der Waals surface area contributed by atoms with Gasteiger partial charge in [0.05, 0.1) is 25.0 Å². The predicted octanol–water partition coefficient (Wildman–Crippen LogP) is 9.89. The van der Waals surface area contributed by atoms with Crippen molar-refractivity contribution < 1.29 is 28.7 Å². The maximum atomic E-state index is 12.5. The van der Waals surface area contributed by atoms with Crippen LogP contribution in [0, 0.1) is 56.2 Å². The Morgan fingerprint density at radius 2 is 0.958 bits per heavy atom. The number of hydrogen-bond donors (Lipinski definition) is 0. The first kappa shape index (κ1) is 40.2. The number of carbonyl (C=O) groups is 4. The molecule has 6 rings (SSSR count). The number of rotatable bonds is 4. The normalized spacial score (nSPS) is 44.2. The lowest BCUT2D eigenvalue weighted by Crippen LogP contribution is -2.54. The van der Waals surface area contributed by atoms with E-state index in [1.165, 1.54) is 37.9 Å². The van der Waals surface area contributed by atoms with Gasteiger partial charge in [-0.1, -0.05) is 78.7 Å². The Labute approximate surface area is 292 Å². The predicted molar refractivity (Wildman–Crippen MR) is 193 cm³/mol. The molecule has 0 aromatic rings. The first-order valence-electron chi connectivity index (χ1n) is 18.1. The fourth-order valence-corrected chi connectivity index (χ4v) is 12.3. The second-order valence-corrected chi connectivity index (χ2v) is 17.4. The smallest absolute Gasteiger partial charge is 0.311 e. The molecule has 0 aliphatic heterocycles. The molecule has 0 saturated heterocycles. The van der Waals surface area contributed by atoms with Crippen LogP contribution in [-0.4, -0.2) is 38.7 Å². The third kappa shape index (κ3) is 5.97. The average Bonchev–Trinajstić information content (AvgIpc) is 3.04. The van der Waals surface area contributed by atoms with Crippen LogP contribution in [0.3, 0.4) is 0 Å². The molecule has 4 saturated carbocycles. The van der Waals surface area contributed by atoms with Crippen molar-refractivity contribution in [2.24, 2.45) is 56.2 Å². The van der Waals surface area contributed by atoms with Gasteiger partial charge in [0.2, 0.25) is 0 Å². The Hall–Kier alpha value is -2.24. The molecule has 48 heavy (non-hydrogen) atoms. The summed E-state index contributed by atoms with van der Waals surface area (Å²) in [4.78, 5) is 48.6. The topological polar surface area (TPSA) is 86.7 Å². The average molecular weight is 669 g/mol. The molecular formula is C42H68O6. The Morgan fingerprint density at radius 1 is 0.604 bits per heavy atom. The van der Waals surface area contributed by atoms with Crippen molar-refractivity contribution in [3.63, 3.8) is 0 Å². The van der Waals surface area contributed by atoms with Crippen LogP contribution in [0.4, 0.5) is 0 Å². The van der Waals surface area contributed by atoms with E-state index in [1.807, 2.05) is 0 Å². The van der Waals surface area contributed by atoms with E-state index in [-0.39, 0.29) is 59.3 Å². The number of aldehydes is 2. The molecule has 0 unspecified atom stereocenters. The Morgan fingerprint density at radius 3 is 1.27 bits per heavy atom. The lowest BCUT2D eigenvalue weighted by atomic mass is 9.44. The summed E-state index contributed by atoms with van der Waals surface area (Å²) in [5.41, 5.74) is 1.78. The van der Waals surface area contributed by atoms with Crippen LogP contribution in [0.15, 0.2) is 23.3 Å². The van der Waals surface area contributed by atoms with Crippen LogP contribution in [0.5, 0.6) is 0 Å². The fraction of sp³-hybridized carbons (Fsp3) is 0.810. The van der Waals surface area contributed by atoms with Crippen molar-refractivity contribution in [1.29, 1.82) is 0 Å². The molecule has 272 valence electrons. The molecule has 0 radical (unpaired) electrons. The molecule has 6 heteroatoms. The quantitative estimate of drug-likeness (QED) is 0.168. The number of esters is 2. The van der Waals surface area contributed by atoms with Crippen LogP contribution in [0.1, 0.15) is 146 Å². The van der Waals surface area contributed by atoms with E-state index in [9.17, 15) is 19.2 Å². The van der Waals surface area contributed by atoms with Crippen LogP contribution in [-0.2, 0) is 28.7 Å². The largest absolute Gasteiger partial charge is 0.469 e. The maximum Gasteiger partial charge on any atom is 0.311 e. The van der Waals surface area contributed by atoms with Gasteiger partial charge in [-0.3, -0.25) is 9.59 Å². The van der Waals surface area contributed by atoms with E-state index >= 15 is 0 Å². The highest BCUT2D eigenvalue weighted by Crippen LogP contribution is 2.66. The molecule has 6 aliphatic rings. The van der Waals surface area contributed by atoms with Gasteiger partial charge in [0.25, 0.3) is 0 Å². The summed E-state index contributed by atoms with van der Waals surface area (Å²) in [6, 6.07) is 0. The molecule has 0 aromatic carbocycles. The third-order valence-electron chi connectivity index (χ3n) is 14.9. The van der Waals surface area contributed by atoms with E-state index in [0.29, 0.717) is 23.7 Å². The molecular weight excluding hydrogens is 600 g/mol. The zero-order valence-corrected chi connectivity index (χ0v) is 30.0. The number of fused-ring (bicyclic) bond motifs is 6. The van der Waals surface area contributed by atoms with Gasteiger partial charge in [-0.05, 0) is 125 Å². The van der Waals surface area contributed by atoms with Crippen molar-refractivity contribution in [3.05, 3.63) is 23.3 Å². The molecule has 0 N–H and O–H groups in total. The highest BCUT2D eigenvalue weighted by molar-refractivity contribution is 5.78. The summed E-state index contributed by atoms with van der Waals surface area (Å²) in [6.45, 7) is 13.1. The van der Waals surface area contributed by atoms with Gasteiger partial charge in [-0.15, -0.1) is 0 Å². The van der Waals surface area contributed by atoms with Crippen molar-refractivity contribution in [2.45, 2.75) is 146 Å². The number of carbonyl (C=O) groups excluding carboxylic acids is 4. The van der Waals surface area contributed by atoms with Crippen molar-refractivity contribution >= 4 is 24.5 Å². The number of allylic oxidation sites excluding steroid dienone is 4. The minimum atomic E-state index is -0.386. The third-order valence-corrected chi connectivity index (χ3v) is 14.9. The van der Waals surface area contributed by atoms with Crippen LogP contribution < -0.4 is 0 Å². The molecule has 4 fully saturated rings. The van der Waals surface area contributed by atoms with Gasteiger partial charge >= 0.3 is 11.9 Å². The second-order valence-electron chi connectivity index (χ2n) is 17.4. The van der Waals surface area contributed by atoms with Gasteiger partial charge in [0.15, 0.2) is 0 Å². The van der Waals surface area contributed by atoms with Crippen molar-refractivity contribution in [1.82, 2.24) is 0 Å². The Kier molecular flexibility index (Phi) is 11.9. The maximum absolute atomic E-state index is 12.5. The summed E-state index contributed by atoms with van der Waals surface area (Å²) >= 11 is 0. The zero-order valence-electron chi connectivity index (χ0n) is 30.0. The summed E-state index contributed by atoms with van der Waals surface area (Å²) in [7, 11) is 3.02. The first-order valence-corrected chi connectivity index (χ1v) is 18.1. The minimum Gasteiger partial charge on any atom is -0.469 e. The van der Waals surface area contributed by atoms with E-state index in [0.717, 1.165) is 89.9 Å². The standard InChI is InChI=1S/2C20H30O3.2CH4/c2*1-18(13-21)10-5-7-15-14(18)8-9-16-19(15,2)11-6-12-20(16,3)17(22)23-4;;/h2*7,13-14,16H,5-6,8-12H2,1-4H3;2*1H4/t14-,16+,18-,19+,20-;14-,16-,18-,19-,20+;;/m10../s1. The molecule has 0 spiro atoms. The SMILES string of the molecule is C.C.COC(=O)[C@]1(C)CCC[C@@]2(C)C3=CCC[C@@](C)(C=O)[C@H]3CC[C@H]12.COC(=O)[C@]1(C)CCC[C@@]2(C)C3=CCC[C@](C)(C=O)[C@@H]3CC[C@H]12. The molecule has 10 atom stereocenters. The molecule has 0 bridgehead atoms. The summed E-state index contributed by atoms with van der Waals surface area (Å²) in [6.07, 6.45) is 21.3. The summed E-state index contributed by atoms with van der Waals surface area (Å²) in [5.74, 6) is 1.26. The molecule has 6 nitrogen and oxygen atoms in total. The number of ether oxygens (including phenoxy) is 2. The van der Waals surface area contributed by atoms with E-state index in [2.05, 4.69) is 53.7 Å². The highest BCUT2D eigenvalue weighted by atomic mass is 16.5. The number of methoxy groups -OCH3 is 2. The lowest BCUT2D eigenvalue weighted by Gasteiger charge is -2.59. The molecule has 0 amide bonds. The van der Waals surface area contributed by atoms with Gasteiger partial charge in [-0.2, -0.15) is 0 Å². The van der Waals surface area contributed by atoms with Gasteiger partial charge in [0.1, 0.15) is 12.6 Å². The summed E-state index contributed by atoms with van der Waals surface area (Å²) < 4.78 is 10.3. The summed E-state index contributed by atoms with van der Waals surface area (Å²) in [5, 5.41) is 0. The van der Waals surface area contributed by atoms with Crippen molar-refractivity contribution in [3.8, 4) is 0 Å². The second kappa shape index (κ2) is 14.2. The Balaban J connectivity index is 0.000000250. The highest BCUT2D eigenvalue weighted by Gasteiger charge is 2.61. The van der Waals surface area contributed by atoms with E-state index in [4.69, 9.17) is 9.47 Å². The van der Waals surface area contributed by atoms with Crippen LogP contribution >= 0.6 is 0 Å². The van der Waals surface area contributed by atoms with Gasteiger partial charge in [0, 0.05) is 10.8 Å². The molecule has 6 aliphatic carbocycles. The van der Waals surface area contributed by atoms with Crippen LogP contribution in [0.2, 0.25) is 0 Å². The van der Waals surface area contributed by atoms with Crippen molar-refractivity contribution in [2.75, 3.05) is 14.2 Å². The minimum absolute atomic E-state index is 0. The first-order chi connectivity index (χ1) is 21.6. The molecule has 0 aromatic heterocycles. The zero-order chi connectivity index (χ0) is 33.8. The number of hydrogen-bond acceptors (Lipinski definition) is 6. The fourth-order valence-electron chi connectivity index (χ4n) is 12.3.